The number of likely N-dealkylation sites (tertiary alicyclic amines) is 1. The molecule has 4 rings (SSSR count). The first-order chi connectivity index (χ1) is 14.1. The number of hydrogen-bond donors (Lipinski definition) is 2. The van der Waals surface area contributed by atoms with Crippen LogP contribution in [-0.4, -0.2) is 48.0 Å². The van der Waals surface area contributed by atoms with Crippen molar-refractivity contribution >= 4 is 22.4 Å². The number of aromatic nitrogens is 1. The van der Waals surface area contributed by atoms with E-state index in [0.717, 1.165) is 59.5 Å². The molecule has 5 nitrogen and oxygen atoms in total. The van der Waals surface area contributed by atoms with Crippen LogP contribution >= 0.6 is 0 Å². The molecule has 1 atom stereocenters. The predicted molar refractivity (Wildman–Crippen MR) is 118 cm³/mol. The van der Waals surface area contributed by atoms with E-state index in [-0.39, 0.29) is 11.8 Å². The number of rotatable bonds is 6. The van der Waals surface area contributed by atoms with Crippen LogP contribution in [0.4, 0.5) is 5.69 Å². The third-order valence-corrected chi connectivity index (χ3v) is 6.04. The first-order valence-corrected chi connectivity index (χ1v) is 10.3. The highest BCUT2D eigenvalue weighted by Crippen LogP contribution is 2.26. The standard InChI is InChI=1S/C24H29N3O2/c1-16-23(21-9-4-5-10-22(21)25-16)24(28)17(2)27-13-11-18(12-14-27)26-19-7-6-8-20(15-19)29-3/h4-10,15,17-18,25-26H,11-14H2,1-3H3. The topological polar surface area (TPSA) is 57.4 Å². The zero-order valence-electron chi connectivity index (χ0n) is 17.4. The zero-order chi connectivity index (χ0) is 20.4. The van der Waals surface area contributed by atoms with Crippen LogP contribution in [0.1, 0.15) is 35.8 Å². The lowest BCUT2D eigenvalue weighted by molar-refractivity contribution is 0.0803. The maximum atomic E-state index is 13.3. The number of aryl methyl sites for hydroxylation is 1. The van der Waals surface area contributed by atoms with Gasteiger partial charge in [0.15, 0.2) is 5.78 Å². The normalized spacial score (nSPS) is 16.7. The second-order valence-electron chi connectivity index (χ2n) is 7.90. The smallest absolute Gasteiger partial charge is 0.182 e. The highest BCUT2D eigenvalue weighted by atomic mass is 16.5. The van der Waals surface area contributed by atoms with Crippen molar-refractivity contribution in [3.05, 3.63) is 59.8 Å². The Morgan fingerprint density at radius 2 is 1.93 bits per heavy atom. The third kappa shape index (κ3) is 4.01. The van der Waals surface area contributed by atoms with Gasteiger partial charge in [-0.25, -0.2) is 0 Å². The van der Waals surface area contributed by atoms with Crippen molar-refractivity contribution in [1.82, 2.24) is 9.88 Å². The van der Waals surface area contributed by atoms with Gasteiger partial charge in [0.05, 0.1) is 13.2 Å². The summed E-state index contributed by atoms with van der Waals surface area (Å²) in [6.07, 6.45) is 2.03. The first kappa shape index (κ1) is 19.5. The number of fused-ring (bicyclic) bond motifs is 1. The number of benzene rings is 2. The van der Waals surface area contributed by atoms with Gasteiger partial charge in [-0.2, -0.15) is 0 Å². The van der Waals surface area contributed by atoms with Gasteiger partial charge in [-0.05, 0) is 44.9 Å². The Morgan fingerprint density at radius 3 is 2.69 bits per heavy atom. The second-order valence-corrected chi connectivity index (χ2v) is 7.90. The lowest BCUT2D eigenvalue weighted by atomic mass is 9.97. The van der Waals surface area contributed by atoms with Crippen molar-refractivity contribution in [3.63, 3.8) is 0 Å². The van der Waals surface area contributed by atoms with E-state index in [9.17, 15) is 4.79 Å². The van der Waals surface area contributed by atoms with Gasteiger partial charge in [0.2, 0.25) is 0 Å². The average Bonchev–Trinajstić information content (AvgIpc) is 3.09. The zero-order valence-corrected chi connectivity index (χ0v) is 17.4. The average molecular weight is 392 g/mol. The molecule has 2 heterocycles. The van der Waals surface area contributed by atoms with Crippen LogP contribution in [0.5, 0.6) is 5.75 Å². The van der Waals surface area contributed by atoms with Gasteiger partial charge in [-0.3, -0.25) is 9.69 Å². The Bertz CT molecular complexity index is 1000. The van der Waals surface area contributed by atoms with Gasteiger partial charge in [0.1, 0.15) is 5.75 Å². The monoisotopic (exact) mass is 391 g/mol. The molecular formula is C24H29N3O2. The molecular weight excluding hydrogens is 362 g/mol. The Hall–Kier alpha value is -2.79. The predicted octanol–water partition coefficient (Wildman–Crippen LogP) is 4.63. The summed E-state index contributed by atoms with van der Waals surface area (Å²) in [6.45, 7) is 5.86. The number of hydrogen-bond acceptors (Lipinski definition) is 4. The number of carbonyl (C=O) groups excluding carboxylic acids is 1. The number of aromatic amines is 1. The van der Waals surface area contributed by atoms with E-state index in [0.29, 0.717) is 6.04 Å². The molecule has 1 aliphatic heterocycles. The highest BCUT2D eigenvalue weighted by molar-refractivity contribution is 6.11. The van der Waals surface area contributed by atoms with Gasteiger partial charge in [-0.15, -0.1) is 0 Å². The van der Waals surface area contributed by atoms with Crippen molar-refractivity contribution < 1.29 is 9.53 Å². The Kier molecular flexibility index (Phi) is 5.58. The number of carbonyl (C=O) groups is 1. The molecule has 0 radical (unpaired) electrons. The van der Waals surface area contributed by atoms with Crippen LogP contribution in [0.3, 0.4) is 0 Å². The fourth-order valence-electron chi connectivity index (χ4n) is 4.35. The summed E-state index contributed by atoms with van der Waals surface area (Å²) in [5.74, 6) is 1.07. The maximum Gasteiger partial charge on any atom is 0.182 e. The van der Waals surface area contributed by atoms with Crippen molar-refractivity contribution in [1.29, 1.82) is 0 Å². The number of anilines is 1. The molecule has 1 saturated heterocycles. The molecule has 2 N–H and O–H groups in total. The lowest BCUT2D eigenvalue weighted by Gasteiger charge is -2.36. The molecule has 2 aromatic carbocycles. The quantitative estimate of drug-likeness (QED) is 0.602. The van der Waals surface area contributed by atoms with E-state index >= 15 is 0 Å². The molecule has 5 heteroatoms. The molecule has 0 bridgehead atoms. The van der Waals surface area contributed by atoms with Gasteiger partial charge in [0, 0.05) is 53.0 Å². The van der Waals surface area contributed by atoms with E-state index in [1.807, 2.05) is 56.3 Å². The number of ether oxygens (including phenoxy) is 1. The molecule has 0 saturated carbocycles. The minimum atomic E-state index is -0.120. The summed E-state index contributed by atoms with van der Waals surface area (Å²) in [5.41, 5.74) is 3.91. The molecule has 0 spiro atoms. The van der Waals surface area contributed by atoms with Crippen LogP contribution in [0.25, 0.3) is 10.9 Å². The number of piperidine rings is 1. The van der Waals surface area contributed by atoms with Crippen LogP contribution in [0, 0.1) is 6.92 Å². The van der Waals surface area contributed by atoms with Crippen LogP contribution in [0.15, 0.2) is 48.5 Å². The summed E-state index contributed by atoms with van der Waals surface area (Å²) in [5, 5.41) is 4.63. The van der Waals surface area contributed by atoms with E-state index in [2.05, 4.69) is 21.3 Å². The van der Waals surface area contributed by atoms with Crippen molar-refractivity contribution in [2.24, 2.45) is 0 Å². The molecule has 0 aliphatic carbocycles. The minimum Gasteiger partial charge on any atom is -0.497 e. The van der Waals surface area contributed by atoms with Gasteiger partial charge < -0.3 is 15.0 Å². The van der Waals surface area contributed by atoms with Crippen LogP contribution < -0.4 is 10.1 Å². The van der Waals surface area contributed by atoms with Crippen molar-refractivity contribution in [2.75, 3.05) is 25.5 Å². The van der Waals surface area contributed by atoms with Crippen molar-refractivity contribution in [2.45, 2.75) is 38.8 Å². The highest BCUT2D eigenvalue weighted by Gasteiger charge is 2.29. The molecule has 152 valence electrons. The van der Waals surface area contributed by atoms with E-state index < -0.39 is 0 Å². The van der Waals surface area contributed by atoms with E-state index in [1.165, 1.54) is 0 Å². The number of Topliss-reactive ketones (excluding diaryl/α,β-unsaturated/α-hetero) is 1. The second kappa shape index (κ2) is 8.29. The summed E-state index contributed by atoms with van der Waals surface area (Å²) >= 11 is 0. The van der Waals surface area contributed by atoms with Crippen LogP contribution in [-0.2, 0) is 0 Å². The molecule has 1 aliphatic rings. The van der Waals surface area contributed by atoms with Crippen molar-refractivity contribution in [3.8, 4) is 5.75 Å². The minimum absolute atomic E-state index is 0.120. The number of nitrogens with one attached hydrogen (secondary N) is 2. The first-order valence-electron chi connectivity index (χ1n) is 10.3. The third-order valence-electron chi connectivity index (χ3n) is 6.04. The number of nitrogens with zero attached hydrogens (tertiary/aromatic N) is 1. The molecule has 1 aromatic heterocycles. The number of methoxy groups -OCH3 is 1. The molecule has 1 unspecified atom stereocenters. The fraction of sp³-hybridized carbons (Fsp3) is 0.375. The largest absolute Gasteiger partial charge is 0.497 e. The lowest BCUT2D eigenvalue weighted by Crippen LogP contribution is -2.46. The van der Waals surface area contributed by atoms with Gasteiger partial charge >= 0.3 is 0 Å². The molecule has 3 aromatic rings. The van der Waals surface area contributed by atoms with E-state index in [1.54, 1.807) is 7.11 Å². The summed E-state index contributed by atoms with van der Waals surface area (Å²) in [6, 6.07) is 16.4. The Labute approximate surface area is 172 Å². The van der Waals surface area contributed by atoms with Gasteiger partial charge in [0.25, 0.3) is 0 Å². The number of H-pyrrole nitrogens is 1. The summed E-state index contributed by atoms with van der Waals surface area (Å²) in [7, 11) is 1.69. The summed E-state index contributed by atoms with van der Waals surface area (Å²) in [4.78, 5) is 19.0. The Morgan fingerprint density at radius 1 is 1.17 bits per heavy atom. The van der Waals surface area contributed by atoms with Gasteiger partial charge in [-0.1, -0.05) is 24.3 Å². The van der Waals surface area contributed by atoms with E-state index in [4.69, 9.17) is 4.74 Å². The molecule has 1 fully saturated rings. The molecule has 0 amide bonds. The number of para-hydroxylation sites is 1. The Balaban J connectivity index is 1.40. The van der Waals surface area contributed by atoms with Crippen LogP contribution in [0.2, 0.25) is 0 Å². The molecule has 29 heavy (non-hydrogen) atoms. The SMILES string of the molecule is COc1cccc(NC2CCN(C(C)C(=O)c3c(C)[nH]c4ccccc34)CC2)c1. The number of ketones is 1. The maximum absolute atomic E-state index is 13.3. The summed E-state index contributed by atoms with van der Waals surface area (Å²) < 4.78 is 5.31. The fourth-order valence-corrected chi connectivity index (χ4v) is 4.35.